The molecule has 1 amide bonds. The number of benzene rings is 3. The Morgan fingerprint density at radius 1 is 0.963 bits per heavy atom. The van der Waals surface area contributed by atoms with E-state index in [4.69, 9.17) is 11.6 Å². The molecule has 0 aliphatic carbocycles. The highest BCUT2D eigenvalue weighted by atomic mass is 35.5. The number of hydrogen-bond donors (Lipinski definition) is 2. The van der Waals surface area contributed by atoms with Gasteiger partial charge >= 0.3 is 0 Å². The number of rotatable bonds is 3. The van der Waals surface area contributed by atoms with Gasteiger partial charge in [0.25, 0.3) is 5.91 Å². The minimum atomic E-state index is -0.868. The van der Waals surface area contributed by atoms with Crippen LogP contribution in [0.1, 0.15) is 27.7 Å². The van der Waals surface area contributed by atoms with Gasteiger partial charge in [-0.05, 0) is 35.9 Å². The molecule has 5 nitrogen and oxygen atoms in total. The summed E-state index contributed by atoms with van der Waals surface area (Å²) in [6.45, 7) is 0.390. The number of carbonyl (C=O) groups is 1. The smallest absolute Gasteiger partial charge is 0.281 e. The molecule has 136 valence electrons. The molecule has 0 bridgehead atoms. The van der Waals surface area contributed by atoms with Crippen LogP contribution in [0.4, 0.5) is 5.69 Å². The summed E-state index contributed by atoms with van der Waals surface area (Å²) < 4.78 is 0. The predicted molar refractivity (Wildman–Crippen MR) is 103 cm³/mol. The molecule has 0 aromatic heterocycles. The molecule has 1 atom stereocenters. The highest BCUT2D eigenvalue weighted by Gasteiger charge is 2.39. The number of phenols is 1. The Labute approximate surface area is 161 Å². The van der Waals surface area contributed by atoms with Gasteiger partial charge in [-0.3, -0.25) is 10.0 Å². The zero-order valence-electron chi connectivity index (χ0n) is 14.3. The molecule has 1 aliphatic rings. The molecule has 6 heteroatoms. The molecule has 4 rings (SSSR count). The van der Waals surface area contributed by atoms with E-state index in [-0.39, 0.29) is 5.75 Å². The zero-order chi connectivity index (χ0) is 19.0. The van der Waals surface area contributed by atoms with Gasteiger partial charge in [-0.1, -0.05) is 54.1 Å². The first-order valence-electron chi connectivity index (χ1n) is 8.46. The lowest BCUT2D eigenvalue weighted by Crippen LogP contribution is -2.47. The van der Waals surface area contributed by atoms with E-state index in [1.54, 1.807) is 36.4 Å². The Bertz CT molecular complexity index is 1010. The Morgan fingerprint density at radius 2 is 1.70 bits per heavy atom. The molecule has 0 spiro atoms. The van der Waals surface area contributed by atoms with Gasteiger partial charge < -0.3 is 10.0 Å². The van der Waals surface area contributed by atoms with E-state index < -0.39 is 12.1 Å². The third-order valence-electron chi connectivity index (χ3n) is 4.64. The minimum absolute atomic E-state index is 0.00447. The number of halogens is 1. The van der Waals surface area contributed by atoms with Crippen molar-refractivity contribution >= 4 is 23.2 Å². The van der Waals surface area contributed by atoms with Crippen molar-refractivity contribution in [3.05, 3.63) is 94.5 Å². The number of nitrogens with zero attached hydrogens (tertiary/aromatic N) is 2. The van der Waals surface area contributed by atoms with E-state index in [9.17, 15) is 15.1 Å². The summed E-state index contributed by atoms with van der Waals surface area (Å²) in [6, 6.07) is 21.2. The Morgan fingerprint density at radius 3 is 2.48 bits per heavy atom. The maximum absolute atomic E-state index is 12.7. The lowest BCUT2D eigenvalue weighted by Gasteiger charge is -2.42. The monoisotopic (exact) mass is 380 g/mol. The number of anilines is 1. The number of para-hydroxylation sites is 2. The van der Waals surface area contributed by atoms with Crippen LogP contribution in [0.25, 0.3) is 0 Å². The molecule has 1 aliphatic heterocycles. The van der Waals surface area contributed by atoms with Crippen LogP contribution in [0.3, 0.4) is 0 Å². The highest BCUT2D eigenvalue weighted by Crippen LogP contribution is 2.41. The van der Waals surface area contributed by atoms with Crippen molar-refractivity contribution in [2.24, 2.45) is 0 Å². The fraction of sp³-hybridized carbons (Fsp3) is 0.0952. The van der Waals surface area contributed by atoms with Crippen LogP contribution >= 0.6 is 11.6 Å². The van der Waals surface area contributed by atoms with Crippen LogP contribution in [-0.2, 0) is 6.54 Å². The topological polar surface area (TPSA) is 64.0 Å². The van der Waals surface area contributed by atoms with Crippen molar-refractivity contribution < 1.29 is 15.1 Å². The fourth-order valence-corrected chi connectivity index (χ4v) is 3.63. The fourth-order valence-electron chi connectivity index (χ4n) is 3.41. The number of carbonyl (C=O) groups excluding carboxylic acids is 1. The van der Waals surface area contributed by atoms with Crippen molar-refractivity contribution in [3.8, 4) is 5.75 Å². The van der Waals surface area contributed by atoms with Crippen molar-refractivity contribution in [3.63, 3.8) is 0 Å². The lowest BCUT2D eigenvalue weighted by atomic mass is 10.0. The second-order valence-corrected chi connectivity index (χ2v) is 6.79. The van der Waals surface area contributed by atoms with Gasteiger partial charge in [0.15, 0.2) is 6.17 Å². The van der Waals surface area contributed by atoms with E-state index in [0.717, 1.165) is 5.56 Å². The van der Waals surface area contributed by atoms with Crippen LogP contribution < -0.4 is 4.90 Å². The second kappa shape index (κ2) is 6.95. The Kier molecular flexibility index (Phi) is 4.48. The second-order valence-electron chi connectivity index (χ2n) is 6.36. The summed E-state index contributed by atoms with van der Waals surface area (Å²) in [6.07, 6.45) is -0.868. The maximum Gasteiger partial charge on any atom is 0.281 e. The van der Waals surface area contributed by atoms with Crippen molar-refractivity contribution in [1.29, 1.82) is 0 Å². The van der Waals surface area contributed by atoms with Gasteiger partial charge in [0, 0.05) is 17.1 Å². The first-order valence-corrected chi connectivity index (χ1v) is 8.84. The Balaban J connectivity index is 1.87. The molecule has 0 radical (unpaired) electrons. The van der Waals surface area contributed by atoms with Gasteiger partial charge in [0.1, 0.15) is 5.75 Å². The predicted octanol–water partition coefficient (Wildman–Crippen LogP) is 4.60. The minimum Gasteiger partial charge on any atom is -0.508 e. The number of fused-ring (bicyclic) bond motifs is 1. The first-order chi connectivity index (χ1) is 13.1. The molecule has 0 saturated carbocycles. The molecular formula is C21H17ClN2O3. The summed E-state index contributed by atoms with van der Waals surface area (Å²) in [7, 11) is 0. The van der Waals surface area contributed by atoms with Crippen LogP contribution in [0.5, 0.6) is 5.75 Å². The average molecular weight is 381 g/mol. The van der Waals surface area contributed by atoms with E-state index in [1.165, 1.54) is 6.07 Å². The Hall–Kier alpha value is -3.02. The molecule has 1 heterocycles. The van der Waals surface area contributed by atoms with Gasteiger partial charge in [0.05, 0.1) is 11.3 Å². The number of phenolic OH excluding ortho intramolecular Hbond substituents is 1. The van der Waals surface area contributed by atoms with Gasteiger partial charge in [0.2, 0.25) is 0 Å². The quantitative estimate of drug-likeness (QED) is 0.652. The molecule has 0 saturated heterocycles. The lowest BCUT2D eigenvalue weighted by molar-refractivity contribution is -0.0945. The summed E-state index contributed by atoms with van der Waals surface area (Å²) in [5.74, 6) is -0.508. The van der Waals surface area contributed by atoms with Crippen LogP contribution in [0, 0.1) is 0 Å². The summed E-state index contributed by atoms with van der Waals surface area (Å²) in [5.41, 5.74) is 2.43. The summed E-state index contributed by atoms with van der Waals surface area (Å²) >= 11 is 6.12. The molecule has 1 unspecified atom stereocenters. The van der Waals surface area contributed by atoms with Crippen LogP contribution in [-0.4, -0.2) is 21.3 Å². The SMILES string of the molecule is O=C1c2ccccc2N(Cc2cccc(Cl)c2)C(c2ccccc2O)N1O. The summed E-state index contributed by atoms with van der Waals surface area (Å²) in [4.78, 5) is 14.6. The third-order valence-corrected chi connectivity index (χ3v) is 4.87. The number of amides is 1. The molecular weight excluding hydrogens is 364 g/mol. The first kappa shape index (κ1) is 17.4. The zero-order valence-corrected chi connectivity index (χ0v) is 15.0. The average Bonchev–Trinajstić information content (AvgIpc) is 2.67. The maximum atomic E-state index is 12.7. The van der Waals surface area contributed by atoms with E-state index in [2.05, 4.69) is 0 Å². The van der Waals surface area contributed by atoms with Crippen LogP contribution in [0.2, 0.25) is 5.02 Å². The van der Waals surface area contributed by atoms with Crippen molar-refractivity contribution in [2.75, 3.05) is 4.90 Å². The molecule has 3 aromatic rings. The number of aromatic hydroxyl groups is 1. The summed E-state index contributed by atoms with van der Waals surface area (Å²) in [5, 5.41) is 22.3. The largest absolute Gasteiger partial charge is 0.508 e. The molecule has 0 fully saturated rings. The van der Waals surface area contributed by atoms with Crippen LogP contribution in [0.15, 0.2) is 72.8 Å². The molecule has 3 aromatic carbocycles. The number of hydroxylamine groups is 2. The van der Waals surface area contributed by atoms with E-state index >= 15 is 0 Å². The number of hydrogen-bond acceptors (Lipinski definition) is 4. The molecule has 27 heavy (non-hydrogen) atoms. The highest BCUT2D eigenvalue weighted by molar-refractivity contribution is 6.30. The van der Waals surface area contributed by atoms with Gasteiger partial charge in [-0.25, -0.2) is 0 Å². The van der Waals surface area contributed by atoms with Crippen molar-refractivity contribution in [1.82, 2.24) is 5.06 Å². The van der Waals surface area contributed by atoms with Crippen molar-refractivity contribution in [2.45, 2.75) is 12.7 Å². The normalized spacial score (nSPS) is 16.4. The molecule has 2 N–H and O–H groups in total. The van der Waals surface area contributed by atoms with Gasteiger partial charge in [-0.2, -0.15) is 5.06 Å². The standard InChI is InChI=1S/C21H17ClN2O3/c22-15-7-5-6-14(12-15)13-23-18-10-3-1-8-16(18)21(26)24(27)20(23)17-9-2-4-11-19(17)25/h1-12,20,25,27H,13H2. The van der Waals surface area contributed by atoms with Gasteiger partial charge in [-0.15, -0.1) is 0 Å². The van der Waals surface area contributed by atoms with E-state index in [0.29, 0.717) is 33.4 Å². The van der Waals surface area contributed by atoms with E-state index in [1.807, 2.05) is 35.2 Å². The third kappa shape index (κ3) is 3.12.